The number of imidazole rings is 1. The van der Waals surface area contributed by atoms with Crippen LogP contribution in [0.2, 0.25) is 5.15 Å². The van der Waals surface area contributed by atoms with Crippen LogP contribution in [0.5, 0.6) is 0 Å². The zero-order valence-corrected chi connectivity index (χ0v) is 12.7. The van der Waals surface area contributed by atoms with E-state index in [1.165, 1.54) is 4.40 Å². The van der Waals surface area contributed by atoms with Crippen LogP contribution in [0.15, 0.2) is 29.4 Å². The summed E-state index contributed by atoms with van der Waals surface area (Å²) in [7, 11) is -3.66. The molecule has 1 aliphatic carbocycles. The fourth-order valence-corrected chi connectivity index (χ4v) is 4.70. The molecule has 0 radical (unpaired) electrons. The number of hydrogen-bond acceptors (Lipinski definition) is 3. The summed E-state index contributed by atoms with van der Waals surface area (Å²) in [6.07, 6.45) is 4.44. The summed E-state index contributed by atoms with van der Waals surface area (Å²) in [6.45, 7) is 2.13. The predicted molar refractivity (Wildman–Crippen MR) is 77.3 cm³/mol. The fraction of sp³-hybridized carbons (Fsp3) is 0.462. The highest BCUT2D eigenvalue weighted by molar-refractivity contribution is 7.89. The standard InChI is InChI=1S/C13H16ClN3O2S/c1-9-5-6-10(8-9)16-20(18,19)13-12(14)15-11-4-2-3-7-17(11)13/h2-4,7,9-10,16H,5-6,8H2,1H3. The van der Waals surface area contributed by atoms with E-state index in [0.29, 0.717) is 11.6 Å². The van der Waals surface area contributed by atoms with Gasteiger partial charge in [-0.1, -0.05) is 24.6 Å². The summed E-state index contributed by atoms with van der Waals surface area (Å²) in [5.74, 6) is 0.556. The number of fused-ring (bicyclic) bond motifs is 1. The zero-order chi connectivity index (χ0) is 14.3. The van der Waals surface area contributed by atoms with Crippen LogP contribution in [0.1, 0.15) is 26.2 Å². The molecule has 2 heterocycles. The van der Waals surface area contributed by atoms with Gasteiger partial charge in [0.1, 0.15) is 5.65 Å². The first-order valence-corrected chi connectivity index (χ1v) is 8.48. The third-order valence-electron chi connectivity index (χ3n) is 3.72. The summed E-state index contributed by atoms with van der Waals surface area (Å²) < 4.78 is 29.3. The van der Waals surface area contributed by atoms with Crippen molar-refractivity contribution in [2.75, 3.05) is 0 Å². The quantitative estimate of drug-likeness (QED) is 0.946. The summed E-state index contributed by atoms with van der Waals surface area (Å²) in [5, 5.41) is 0.0315. The Balaban J connectivity index is 1.99. The van der Waals surface area contributed by atoms with Gasteiger partial charge in [-0.25, -0.2) is 18.1 Å². The number of sulfonamides is 1. The molecule has 2 atom stereocenters. The molecule has 3 rings (SSSR count). The van der Waals surface area contributed by atoms with E-state index in [0.717, 1.165) is 19.3 Å². The highest BCUT2D eigenvalue weighted by atomic mass is 35.5. The summed E-state index contributed by atoms with van der Waals surface area (Å²) in [5.41, 5.74) is 0.526. The van der Waals surface area contributed by atoms with Crippen molar-refractivity contribution in [1.29, 1.82) is 0 Å². The Bertz CT molecular complexity index is 741. The van der Waals surface area contributed by atoms with Gasteiger partial charge in [0.2, 0.25) is 0 Å². The minimum atomic E-state index is -3.66. The van der Waals surface area contributed by atoms with Crippen molar-refractivity contribution < 1.29 is 8.42 Å². The number of hydrogen-bond donors (Lipinski definition) is 1. The lowest BCUT2D eigenvalue weighted by Gasteiger charge is -2.12. The average Bonchev–Trinajstić information content (AvgIpc) is 2.91. The van der Waals surface area contributed by atoms with Gasteiger partial charge in [0.05, 0.1) is 0 Å². The molecule has 0 saturated heterocycles. The maximum atomic E-state index is 12.5. The van der Waals surface area contributed by atoms with Crippen LogP contribution in [0.4, 0.5) is 0 Å². The second kappa shape index (κ2) is 5.02. The van der Waals surface area contributed by atoms with E-state index in [1.807, 2.05) is 0 Å². The van der Waals surface area contributed by atoms with Gasteiger partial charge in [0.25, 0.3) is 10.0 Å². The summed E-state index contributed by atoms with van der Waals surface area (Å²) in [4.78, 5) is 4.08. The molecule has 0 amide bonds. The van der Waals surface area contributed by atoms with Crippen molar-refractivity contribution in [3.63, 3.8) is 0 Å². The molecule has 0 spiro atoms. The molecule has 5 nitrogen and oxygen atoms in total. The van der Waals surface area contributed by atoms with Gasteiger partial charge in [0.15, 0.2) is 10.2 Å². The average molecular weight is 314 g/mol. The van der Waals surface area contributed by atoms with Gasteiger partial charge in [-0.3, -0.25) is 4.40 Å². The van der Waals surface area contributed by atoms with E-state index in [4.69, 9.17) is 11.6 Å². The Kier molecular flexibility index (Phi) is 3.48. The topological polar surface area (TPSA) is 63.5 Å². The third-order valence-corrected chi connectivity index (χ3v) is 5.64. The Labute approximate surface area is 123 Å². The van der Waals surface area contributed by atoms with Crippen LogP contribution in [0.25, 0.3) is 5.65 Å². The van der Waals surface area contributed by atoms with Crippen LogP contribution >= 0.6 is 11.6 Å². The molecule has 2 aromatic heterocycles. The van der Waals surface area contributed by atoms with Crippen molar-refractivity contribution in [2.45, 2.75) is 37.3 Å². The Hall–Kier alpha value is -1.11. The Morgan fingerprint density at radius 3 is 2.90 bits per heavy atom. The SMILES string of the molecule is CC1CCC(NS(=O)(=O)c2c(Cl)nc3ccccn23)C1. The zero-order valence-electron chi connectivity index (χ0n) is 11.1. The number of aromatic nitrogens is 2. The normalized spacial score (nSPS) is 23.5. The van der Waals surface area contributed by atoms with E-state index in [1.54, 1.807) is 24.4 Å². The predicted octanol–water partition coefficient (Wildman–Crippen LogP) is 2.45. The molecular weight excluding hydrogens is 298 g/mol. The fourth-order valence-electron chi connectivity index (χ4n) is 2.77. The molecule has 2 aromatic rings. The van der Waals surface area contributed by atoms with Gasteiger partial charge >= 0.3 is 0 Å². The Morgan fingerprint density at radius 2 is 2.20 bits per heavy atom. The molecule has 2 unspecified atom stereocenters. The minimum Gasteiger partial charge on any atom is -0.288 e. The molecular formula is C13H16ClN3O2S. The van der Waals surface area contributed by atoms with Crippen LogP contribution in [-0.4, -0.2) is 23.8 Å². The molecule has 0 bridgehead atoms. The molecule has 7 heteroatoms. The van der Waals surface area contributed by atoms with Crippen molar-refractivity contribution in [3.05, 3.63) is 29.5 Å². The summed E-state index contributed by atoms with van der Waals surface area (Å²) in [6, 6.07) is 5.26. The number of rotatable bonds is 3. The van der Waals surface area contributed by atoms with E-state index in [9.17, 15) is 8.42 Å². The van der Waals surface area contributed by atoms with Crippen molar-refractivity contribution in [3.8, 4) is 0 Å². The number of halogens is 1. The van der Waals surface area contributed by atoms with Crippen LogP contribution in [0, 0.1) is 5.92 Å². The molecule has 0 aromatic carbocycles. The van der Waals surface area contributed by atoms with Gasteiger partial charge < -0.3 is 0 Å². The molecule has 1 saturated carbocycles. The minimum absolute atomic E-state index is 0.00902. The number of pyridine rings is 1. The molecule has 0 aliphatic heterocycles. The van der Waals surface area contributed by atoms with E-state index < -0.39 is 10.0 Å². The first-order valence-electron chi connectivity index (χ1n) is 6.62. The molecule has 1 aliphatic rings. The maximum absolute atomic E-state index is 12.5. The van der Waals surface area contributed by atoms with Crippen LogP contribution in [-0.2, 0) is 10.0 Å². The second-order valence-electron chi connectivity index (χ2n) is 5.37. The molecule has 1 fully saturated rings. The lowest BCUT2D eigenvalue weighted by Crippen LogP contribution is -2.33. The second-order valence-corrected chi connectivity index (χ2v) is 7.36. The van der Waals surface area contributed by atoms with Crippen molar-refractivity contribution in [2.24, 2.45) is 5.92 Å². The number of nitrogens with one attached hydrogen (secondary N) is 1. The van der Waals surface area contributed by atoms with Gasteiger partial charge in [0, 0.05) is 12.2 Å². The van der Waals surface area contributed by atoms with Gasteiger partial charge in [-0.2, -0.15) is 0 Å². The smallest absolute Gasteiger partial charge is 0.260 e. The van der Waals surface area contributed by atoms with E-state index in [-0.39, 0.29) is 16.2 Å². The molecule has 20 heavy (non-hydrogen) atoms. The highest BCUT2D eigenvalue weighted by Gasteiger charge is 2.30. The Morgan fingerprint density at radius 1 is 1.40 bits per heavy atom. The monoisotopic (exact) mass is 313 g/mol. The molecule has 1 N–H and O–H groups in total. The first kappa shape index (κ1) is 13.9. The van der Waals surface area contributed by atoms with Gasteiger partial charge in [-0.05, 0) is 37.3 Å². The number of nitrogens with zero attached hydrogens (tertiary/aromatic N) is 2. The van der Waals surface area contributed by atoms with E-state index in [2.05, 4.69) is 16.6 Å². The lowest BCUT2D eigenvalue weighted by molar-refractivity contribution is 0.535. The summed E-state index contributed by atoms with van der Waals surface area (Å²) >= 11 is 6.02. The highest BCUT2D eigenvalue weighted by Crippen LogP contribution is 2.28. The molecule has 108 valence electrons. The largest absolute Gasteiger partial charge is 0.288 e. The first-order chi connectivity index (χ1) is 9.47. The third kappa shape index (κ3) is 2.43. The van der Waals surface area contributed by atoms with Gasteiger partial charge in [-0.15, -0.1) is 0 Å². The lowest BCUT2D eigenvalue weighted by atomic mass is 10.1. The van der Waals surface area contributed by atoms with Crippen LogP contribution in [0.3, 0.4) is 0 Å². The van der Waals surface area contributed by atoms with E-state index >= 15 is 0 Å². The van der Waals surface area contributed by atoms with Crippen LogP contribution < -0.4 is 4.72 Å². The van der Waals surface area contributed by atoms with Crippen molar-refractivity contribution in [1.82, 2.24) is 14.1 Å². The van der Waals surface area contributed by atoms with Crippen molar-refractivity contribution >= 4 is 27.3 Å². The maximum Gasteiger partial charge on any atom is 0.260 e.